The van der Waals surface area contributed by atoms with Crippen molar-refractivity contribution in [3.63, 3.8) is 0 Å². The fraction of sp³-hybridized carbons (Fsp3) is 0.467. The van der Waals surface area contributed by atoms with E-state index in [0.29, 0.717) is 18.9 Å². The Bertz CT molecular complexity index is 476. The number of ether oxygens (including phenoxy) is 2. The highest BCUT2D eigenvalue weighted by Crippen LogP contribution is 2.14. The van der Waals surface area contributed by atoms with Gasteiger partial charge in [0.05, 0.1) is 13.2 Å². The molecule has 0 aliphatic heterocycles. The highest BCUT2D eigenvalue weighted by Gasteiger charge is 2.15. The van der Waals surface area contributed by atoms with Crippen LogP contribution in [0.3, 0.4) is 0 Å². The third-order valence-corrected chi connectivity index (χ3v) is 2.72. The van der Waals surface area contributed by atoms with Crippen LogP contribution in [0.25, 0.3) is 0 Å². The lowest BCUT2D eigenvalue weighted by Gasteiger charge is -2.15. The summed E-state index contributed by atoms with van der Waals surface area (Å²) in [6.07, 6.45) is -0.668. The van der Waals surface area contributed by atoms with Crippen molar-refractivity contribution in [1.29, 1.82) is 0 Å². The van der Waals surface area contributed by atoms with Crippen LogP contribution >= 0.6 is 0 Å². The Kier molecular flexibility index (Phi) is 7.25. The van der Waals surface area contributed by atoms with Crippen LogP contribution in [0, 0.1) is 6.92 Å². The Balaban J connectivity index is 2.32. The van der Waals surface area contributed by atoms with E-state index in [0.717, 1.165) is 5.56 Å². The van der Waals surface area contributed by atoms with E-state index in [-0.39, 0.29) is 18.4 Å². The molecule has 0 radical (unpaired) electrons. The third-order valence-electron chi connectivity index (χ3n) is 2.72. The first kappa shape index (κ1) is 17.0. The zero-order chi connectivity index (χ0) is 15.7. The van der Waals surface area contributed by atoms with Crippen LogP contribution < -0.4 is 15.4 Å². The van der Waals surface area contributed by atoms with Gasteiger partial charge in [-0.1, -0.05) is 12.1 Å². The molecule has 0 saturated heterocycles. The van der Waals surface area contributed by atoms with Gasteiger partial charge in [-0.05, 0) is 31.5 Å². The molecule has 0 aliphatic rings. The molecule has 21 heavy (non-hydrogen) atoms. The van der Waals surface area contributed by atoms with Crippen LogP contribution in [0.5, 0.6) is 5.75 Å². The molecule has 0 aliphatic carbocycles. The van der Waals surface area contributed by atoms with Crippen molar-refractivity contribution in [2.24, 2.45) is 0 Å². The maximum Gasteiger partial charge on any atom is 0.261 e. The summed E-state index contributed by atoms with van der Waals surface area (Å²) in [6.45, 7) is 4.36. The number of amides is 2. The lowest BCUT2D eigenvalue weighted by molar-refractivity contribution is -0.130. The number of hydrogen-bond acceptors (Lipinski definition) is 4. The number of aryl methyl sites for hydroxylation is 1. The largest absolute Gasteiger partial charge is 0.481 e. The number of carbonyl (C=O) groups excluding carboxylic acids is 2. The molecule has 1 aromatic carbocycles. The topological polar surface area (TPSA) is 76.7 Å². The highest BCUT2D eigenvalue weighted by atomic mass is 16.5. The molecule has 0 fully saturated rings. The van der Waals surface area contributed by atoms with Gasteiger partial charge in [-0.15, -0.1) is 0 Å². The monoisotopic (exact) mass is 294 g/mol. The molecular weight excluding hydrogens is 272 g/mol. The summed E-state index contributed by atoms with van der Waals surface area (Å²) in [6, 6.07) is 7.44. The zero-order valence-corrected chi connectivity index (χ0v) is 12.6. The Hall–Kier alpha value is -2.08. The van der Waals surface area contributed by atoms with Gasteiger partial charge in [0.25, 0.3) is 5.91 Å². The molecule has 2 N–H and O–H groups in total. The van der Waals surface area contributed by atoms with Gasteiger partial charge in [0.2, 0.25) is 5.91 Å². The molecule has 0 saturated carbocycles. The summed E-state index contributed by atoms with van der Waals surface area (Å²) < 4.78 is 10.3. The summed E-state index contributed by atoms with van der Waals surface area (Å²) in [5.74, 6) is 0.0312. The second kappa shape index (κ2) is 8.97. The van der Waals surface area contributed by atoms with E-state index in [1.165, 1.54) is 0 Å². The average molecular weight is 294 g/mol. The van der Waals surface area contributed by atoms with Gasteiger partial charge in [-0.3, -0.25) is 9.59 Å². The van der Waals surface area contributed by atoms with Crippen molar-refractivity contribution in [3.8, 4) is 5.75 Å². The minimum Gasteiger partial charge on any atom is -0.481 e. The van der Waals surface area contributed by atoms with Crippen LogP contribution in [0.2, 0.25) is 0 Å². The quantitative estimate of drug-likeness (QED) is 0.690. The summed E-state index contributed by atoms with van der Waals surface area (Å²) in [4.78, 5) is 23.3. The van der Waals surface area contributed by atoms with Crippen LogP contribution in [-0.2, 0) is 14.3 Å². The van der Waals surface area contributed by atoms with E-state index in [9.17, 15) is 9.59 Å². The molecule has 6 heteroatoms. The lowest BCUT2D eigenvalue weighted by Crippen LogP contribution is -2.43. The Labute approximate surface area is 124 Å². The van der Waals surface area contributed by atoms with Gasteiger partial charge in [0.15, 0.2) is 6.10 Å². The van der Waals surface area contributed by atoms with E-state index in [1.54, 1.807) is 20.1 Å². The molecule has 1 aromatic rings. The zero-order valence-electron chi connectivity index (χ0n) is 12.6. The summed E-state index contributed by atoms with van der Waals surface area (Å²) in [5.41, 5.74) is 1.05. The SMILES string of the molecule is COCCNC(=O)CNC(=O)C(C)Oc1cccc(C)c1. The van der Waals surface area contributed by atoms with E-state index < -0.39 is 6.10 Å². The summed E-state index contributed by atoms with van der Waals surface area (Å²) >= 11 is 0. The minimum atomic E-state index is -0.668. The van der Waals surface area contributed by atoms with Gasteiger partial charge in [0, 0.05) is 13.7 Å². The maximum absolute atomic E-state index is 11.8. The van der Waals surface area contributed by atoms with Crippen molar-refractivity contribution in [1.82, 2.24) is 10.6 Å². The number of benzene rings is 1. The molecule has 0 spiro atoms. The standard InChI is InChI=1S/C15H22N2O4/c1-11-5-4-6-13(9-11)21-12(2)15(19)17-10-14(18)16-7-8-20-3/h4-6,9,12H,7-8,10H2,1-3H3,(H,16,18)(H,17,19). The molecule has 1 atom stereocenters. The number of rotatable bonds is 8. The van der Waals surface area contributed by atoms with Gasteiger partial charge in [0.1, 0.15) is 5.75 Å². The number of carbonyl (C=O) groups is 2. The first-order chi connectivity index (χ1) is 10.0. The number of hydrogen-bond donors (Lipinski definition) is 2. The molecule has 0 heterocycles. The predicted octanol–water partition coefficient (Wildman–Crippen LogP) is 0.641. The Morgan fingerprint density at radius 1 is 1.29 bits per heavy atom. The van der Waals surface area contributed by atoms with Crippen LogP contribution in [0.1, 0.15) is 12.5 Å². The van der Waals surface area contributed by atoms with E-state index in [1.807, 2.05) is 25.1 Å². The average Bonchev–Trinajstić information content (AvgIpc) is 2.45. The van der Waals surface area contributed by atoms with Crippen molar-refractivity contribution in [2.75, 3.05) is 26.8 Å². The van der Waals surface area contributed by atoms with Crippen molar-refractivity contribution < 1.29 is 19.1 Å². The summed E-state index contributed by atoms with van der Waals surface area (Å²) in [5, 5.41) is 5.14. The normalized spacial score (nSPS) is 11.6. The first-order valence-corrected chi connectivity index (χ1v) is 6.79. The second-order valence-corrected chi connectivity index (χ2v) is 4.64. The fourth-order valence-electron chi connectivity index (χ4n) is 1.61. The van der Waals surface area contributed by atoms with Gasteiger partial charge in [-0.25, -0.2) is 0 Å². The molecule has 2 amide bonds. The van der Waals surface area contributed by atoms with Crippen LogP contribution in [0.4, 0.5) is 0 Å². The molecule has 1 rings (SSSR count). The summed E-state index contributed by atoms with van der Waals surface area (Å²) in [7, 11) is 1.55. The predicted molar refractivity (Wildman–Crippen MR) is 79.2 cm³/mol. The molecule has 0 aromatic heterocycles. The fourth-order valence-corrected chi connectivity index (χ4v) is 1.61. The minimum absolute atomic E-state index is 0.0793. The van der Waals surface area contributed by atoms with E-state index >= 15 is 0 Å². The molecule has 1 unspecified atom stereocenters. The molecule has 116 valence electrons. The molecular formula is C15H22N2O4. The van der Waals surface area contributed by atoms with Crippen molar-refractivity contribution >= 4 is 11.8 Å². The number of nitrogens with one attached hydrogen (secondary N) is 2. The van der Waals surface area contributed by atoms with E-state index in [4.69, 9.17) is 9.47 Å². The third kappa shape index (κ3) is 6.76. The van der Waals surface area contributed by atoms with Crippen molar-refractivity contribution in [2.45, 2.75) is 20.0 Å². The first-order valence-electron chi connectivity index (χ1n) is 6.79. The Morgan fingerprint density at radius 3 is 2.71 bits per heavy atom. The van der Waals surface area contributed by atoms with Gasteiger partial charge >= 0.3 is 0 Å². The van der Waals surface area contributed by atoms with E-state index in [2.05, 4.69) is 10.6 Å². The lowest BCUT2D eigenvalue weighted by atomic mass is 10.2. The number of methoxy groups -OCH3 is 1. The second-order valence-electron chi connectivity index (χ2n) is 4.64. The van der Waals surface area contributed by atoms with Gasteiger partial charge < -0.3 is 20.1 Å². The molecule has 0 bridgehead atoms. The molecule has 6 nitrogen and oxygen atoms in total. The van der Waals surface area contributed by atoms with Crippen LogP contribution in [0.15, 0.2) is 24.3 Å². The smallest absolute Gasteiger partial charge is 0.261 e. The maximum atomic E-state index is 11.8. The highest BCUT2D eigenvalue weighted by molar-refractivity contribution is 5.86. The van der Waals surface area contributed by atoms with Crippen LogP contribution in [-0.4, -0.2) is 44.7 Å². The van der Waals surface area contributed by atoms with Gasteiger partial charge in [-0.2, -0.15) is 0 Å². The Morgan fingerprint density at radius 2 is 2.05 bits per heavy atom. The van der Waals surface area contributed by atoms with Crippen molar-refractivity contribution in [3.05, 3.63) is 29.8 Å².